The third-order valence-corrected chi connectivity index (χ3v) is 7.53. The predicted molar refractivity (Wildman–Crippen MR) is 137 cm³/mol. The Morgan fingerprint density at radius 2 is 1.81 bits per heavy atom. The van der Waals surface area contributed by atoms with E-state index in [1.165, 1.54) is 17.4 Å². The fourth-order valence-electron chi connectivity index (χ4n) is 3.49. The minimum Gasteiger partial charge on any atom is -0.507 e. The van der Waals surface area contributed by atoms with Crippen LogP contribution in [0, 0.1) is 13.8 Å². The molecule has 186 valence electrons. The molecular formula is C25H23N3O6S2. The predicted octanol–water partition coefficient (Wildman–Crippen LogP) is 3.89. The average Bonchev–Trinajstić information content (AvgIpc) is 3.24. The Bertz CT molecular complexity index is 1550. The van der Waals surface area contributed by atoms with Crippen molar-refractivity contribution in [1.82, 2.24) is 9.71 Å². The zero-order chi connectivity index (χ0) is 25.9. The summed E-state index contributed by atoms with van der Waals surface area (Å²) in [5, 5.41) is 13.0. The zero-order valence-corrected chi connectivity index (χ0v) is 21.1. The molecule has 0 aliphatic heterocycles. The van der Waals surface area contributed by atoms with Crippen molar-refractivity contribution in [2.75, 3.05) is 11.9 Å². The number of esters is 1. The summed E-state index contributed by atoms with van der Waals surface area (Å²) in [6.07, 6.45) is 0. The Morgan fingerprint density at radius 3 is 2.56 bits per heavy atom. The third-order valence-electron chi connectivity index (χ3n) is 5.22. The Balaban J connectivity index is 1.40. The molecule has 9 nitrogen and oxygen atoms in total. The lowest BCUT2D eigenvalue weighted by molar-refractivity contribution is -0.119. The topological polar surface area (TPSA) is 135 Å². The number of rotatable bonds is 8. The van der Waals surface area contributed by atoms with Crippen molar-refractivity contribution < 1.29 is 27.9 Å². The van der Waals surface area contributed by atoms with Crippen molar-refractivity contribution in [2.24, 2.45) is 0 Å². The van der Waals surface area contributed by atoms with Crippen LogP contribution in [0.5, 0.6) is 5.75 Å². The number of fused-ring (bicyclic) bond motifs is 1. The normalized spacial score (nSPS) is 11.4. The second-order valence-corrected chi connectivity index (χ2v) is 10.9. The van der Waals surface area contributed by atoms with Crippen LogP contribution < -0.4 is 10.0 Å². The molecule has 0 bridgehead atoms. The van der Waals surface area contributed by atoms with Crippen molar-refractivity contribution in [3.05, 3.63) is 82.9 Å². The third kappa shape index (κ3) is 5.88. The minimum atomic E-state index is -3.98. The van der Waals surface area contributed by atoms with Crippen LogP contribution in [0.3, 0.4) is 0 Å². The van der Waals surface area contributed by atoms with Crippen LogP contribution in [0.25, 0.3) is 10.2 Å². The first-order chi connectivity index (χ1) is 17.1. The zero-order valence-electron chi connectivity index (χ0n) is 19.4. The van der Waals surface area contributed by atoms with Gasteiger partial charge in [-0.2, -0.15) is 0 Å². The van der Waals surface area contributed by atoms with Crippen LogP contribution in [-0.2, 0) is 26.1 Å². The molecule has 1 aromatic heterocycles. The molecule has 0 fully saturated rings. The van der Waals surface area contributed by atoms with Crippen LogP contribution >= 0.6 is 11.3 Å². The van der Waals surface area contributed by atoms with E-state index in [2.05, 4.69) is 15.0 Å². The molecular weight excluding hydrogens is 502 g/mol. The minimum absolute atomic E-state index is 0.0505. The summed E-state index contributed by atoms with van der Waals surface area (Å²) in [6.45, 7) is 3.31. The second-order valence-electron chi connectivity index (χ2n) is 8.06. The first-order valence-electron chi connectivity index (χ1n) is 10.8. The van der Waals surface area contributed by atoms with E-state index in [4.69, 9.17) is 4.74 Å². The van der Waals surface area contributed by atoms with Gasteiger partial charge in [-0.25, -0.2) is 22.9 Å². The maximum Gasteiger partial charge on any atom is 0.342 e. The van der Waals surface area contributed by atoms with E-state index in [-0.39, 0.29) is 17.0 Å². The summed E-state index contributed by atoms with van der Waals surface area (Å²) >= 11 is 1.30. The molecule has 3 N–H and O–H groups in total. The van der Waals surface area contributed by atoms with Crippen molar-refractivity contribution in [1.29, 1.82) is 0 Å². The van der Waals surface area contributed by atoms with E-state index in [1.807, 2.05) is 32.0 Å². The number of phenolic OH excluding ortho intramolecular Hbond substituents is 1. The number of aromatic hydroxyl groups is 1. The number of amides is 1. The van der Waals surface area contributed by atoms with Gasteiger partial charge in [-0.15, -0.1) is 0 Å². The van der Waals surface area contributed by atoms with Gasteiger partial charge in [-0.1, -0.05) is 47.7 Å². The smallest absolute Gasteiger partial charge is 0.342 e. The molecule has 36 heavy (non-hydrogen) atoms. The maximum atomic E-state index is 12.7. The van der Waals surface area contributed by atoms with Gasteiger partial charge in [0.15, 0.2) is 11.7 Å². The lowest BCUT2D eigenvalue weighted by Gasteiger charge is -2.10. The maximum absolute atomic E-state index is 12.7. The van der Waals surface area contributed by atoms with E-state index in [0.717, 1.165) is 39.0 Å². The lowest BCUT2D eigenvalue weighted by atomic mass is 10.1. The van der Waals surface area contributed by atoms with Crippen LogP contribution in [0.1, 0.15) is 27.0 Å². The van der Waals surface area contributed by atoms with Gasteiger partial charge in [0.1, 0.15) is 11.3 Å². The number of nitrogens with one attached hydrogen (secondary N) is 2. The number of carbonyl (C=O) groups excluding carboxylic acids is 2. The number of hydrogen-bond donors (Lipinski definition) is 3. The van der Waals surface area contributed by atoms with Crippen molar-refractivity contribution in [3.63, 3.8) is 0 Å². The first kappa shape index (κ1) is 25.3. The number of ether oxygens (including phenoxy) is 1. The summed E-state index contributed by atoms with van der Waals surface area (Å²) in [4.78, 5) is 29.0. The molecule has 0 aliphatic rings. The van der Waals surface area contributed by atoms with Crippen LogP contribution in [0.2, 0.25) is 0 Å². The summed E-state index contributed by atoms with van der Waals surface area (Å²) in [6, 6.07) is 16.1. The standard InChI is InChI=1S/C25H23N3O6S2/c1-15-10-16(2)23-21(11-15)35-25(28-23)27-22(30)14-34-24(31)19-12-18(8-9-20(19)29)36(32,33)26-13-17-6-4-3-5-7-17/h3-12,26,29H,13-14H2,1-2H3,(H,27,28,30). The summed E-state index contributed by atoms with van der Waals surface area (Å²) in [7, 11) is -3.98. The molecule has 1 amide bonds. The highest BCUT2D eigenvalue weighted by molar-refractivity contribution is 7.89. The fourth-order valence-corrected chi connectivity index (χ4v) is 5.59. The number of phenols is 1. The molecule has 1 heterocycles. The SMILES string of the molecule is Cc1cc(C)c2nc(NC(=O)COC(=O)c3cc(S(=O)(=O)NCc4ccccc4)ccc3O)sc2c1. The number of thiazole rings is 1. The highest BCUT2D eigenvalue weighted by Crippen LogP contribution is 2.29. The Hall–Kier alpha value is -3.80. The second kappa shape index (κ2) is 10.4. The average molecular weight is 526 g/mol. The van der Waals surface area contributed by atoms with E-state index in [1.54, 1.807) is 24.3 Å². The van der Waals surface area contributed by atoms with Gasteiger partial charge in [-0.3, -0.25) is 10.1 Å². The Morgan fingerprint density at radius 1 is 1.06 bits per heavy atom. The number of sulfonamides is 1. The van der Waals surface area contributed by atoms with E-state index >= 15 is 0 Å². The van der Waals surface area contributed by atoms with Crippen LogP contribution in [0.4, 0.5) is 5.13 Å². The molecule has 0 aliphatic carbocycles. The quantitative estimate of drug-likeness (QED) is 0.297. The highest BCUT2D eigenvalue weighted by Gasteiger charge is 2.21. The molecule has 0 unspecified atom stereocenters. The number of nitrogens with zero attached hydrogens (tertiary/aromatic N) is 1. The summed E-state index contributed by atoms with van der Waals surface area (Å²) in [5.41, 5.74) is 3.22. The van der Waals surface area contributed by atoms with Crippen LogP contribution in [0.15, 0.2) is 65.6 Å². The molecule has 0 radical (unpaired) electrons. The van der Waals surface area contributed by atoms with E-state index < -0.39 is 34.3 Å². The molecule has 0 atom stereocenters. The molecule has 0 spiro atoms. The van der Waals surface area contributed by atoms with Crippen LogP contribution in [-0.4, -0.2) is 37.0 Å². The number of aromatic nitrogens is 1. The molecule has 4 aromatic rings. The number of hydrogen-bond acceptors (Lipinski definition) is 8. The van der Waals surface area contributed by atoms with Gasteiger partial charge in [0.05, 0.1) is 15.1 Å². The van der Waals surface area contributed by atoms with Crippen molar-refractivity contribution in [3.8, 4) is 5.75 Å². The molecule has 4 rings (SSSR count). The lowest BCUT2D eigenvalue weighted by Crippen LogP contribution is -2.24. The van der Waals surface area contributed by atoms with Gasteiger partial charge >= 0.3 is 5.97 Å². The Kier molecular flexibility index (Phi) is 7.34. The molecule has 3 aromatic carbocycles. The van der Waals surface area contributed by atoms with Crippen molar-refractivity contribution >= 4 is 48.6 Å². The van der Waals surface area contributed by atoms with Gasteiger partial charge in [0, 0.05) is 6.54 Å². The largest absolute Gasteiger partial charge is 0.507 e. The number of carbonyl (C=O) groups is 2. The molecule has 0 saturated heterocycles. The Labute approximate surface area is 211 Å². The monoisotopic (exact) mass is 525 g/mol. The number of anilines is 1. The highest BCUT2D eigenvalue weighted by atomic mass is 32.2. The van der Waals surface area contributed by atoms with Crippen molar-refractivity contribution in [2.45, 2.75) is 25.3 Å². The molecule has 11 heteroatoms. The first-order valence-corrected chi connectivity index (χ1v) is 13.1. The molecule has 0 saturated carbocycles. The van der Waals surface area contributed by atoms with E-state index in [9.17, 15) is 23.1 Å². The van der Waals surface area contributed by atoms with Gasteiger partial charge in [0.25, 0.3) is 5.91 Å². The number of benzene rings is 3. The summed E-state index contributed by atoms with van der Waals surface area (Å²) in [5.74, 6) is -2.14. The fraction of sp³-hybridized carbons (Fsp3) is 0.160. The van der Waals surface area contributed by atoms with Gasteiger partial charge in [-0.05, 0) is 54.8 Å². The van der Waals surface area contributed by atoms with Gasteiger partial charge in [0.2, 0.25) is 10.0 Å². The summed E-state index contributed by atoms with van der Waals surface area (Å²) < 4.78 is 33.7. The van der Waals surface area contributed by atoms with Gasteiger partial charge < -0.3 is 9.84 Å². The number of aryl methyl sites for hydroxylation is 2. The van der Waals surface area contributed by atoms with E-state index in [0.29, 0.717) is 5.13 Å².